The molecule has 0 saturated carbocycles. The quantitative estimate of drug-likeness (QED) is 0.712. The molecule has 0 radical (unpaired) electrons. The Labute approximate surface area is 189 Å². The number of carbonyl (C=O) groups is 1. The Hall–Kier alpha value is -2.65. The molecule has 9 heteroatoms. The van der Waals surface area contributed by atoms with Crippen molar-refractivity contribution in [3.63, 3.8) is 0 Å². The number of sulfonamides is 1. The molecule has 0 aliphatic carbocycles. The number of hydrogen-bond donors (Lipinski definition) is 1. The van der Waals surface area contributed by atoms with Gasteiger partial charge in [-0.2, -0.15) is 4.31 Å². The maximum Gasteiger partial charge on any atom is 0.256 e. The van der Waals surface area contributed by atoms with Crippen molar-refractivity contribution in [1.29, 1.82) is 0 Å². The molecular formula is C23H30N4O4S. The summed E-state index contributed by atoms with van der Waals surface area (Å²) in [4.78, 5) is 19.5. The number of hydrogen-bond acceptors (Lipinski definition) is 6. The van der Waals surface area contributed by atoms with Gasteiger partial charge in [0.15, 0.2) is 11.6 Å². The fourth-order valence-corrected chi connectivity index (χ4v) is 6.09. The normalized spacial score (nSPS) is 17.7. The number of amides is 1. The first kappa shape index (κ1) is 22.5. The van der Waals surface area contributed by atoms with Gasteiger partial charge in [0.05, 0.1) is 12.8 Å². The van der Waals surface area contributed by atoms with E-state index in [9.17, 15) is 13.2 Å². The van der Waals surface area contributed by atoms with Crippen LogP contribution in [0.2, 0.25) is 0 Å². The van der Waals surface area contributed by atoms with Crippen molar-refractivity contribution in [3.05, 3.63) is 42.1 Å². The average Bonchev–Trinajstić information content (AvgIpc) is 2.85. The summed E-state index contributed by atoms with van der Waals surface area (Å²) < 4.78 is 34.0. The van der Waals surface area contributed by atoms with Gasteiger partial charge in [-0.15, -0.1) is 0 Å². The van der Waals surface area contributed by atoms with Crippen LogP contribution in [0, 0.1) is 0 Å². The first-order chi connectivity index (χ1) is 15.5. The lowest BCUT2D eigenvalue weighted by Gasteiger charge is -2.33. The zero-order valence-corrected chi connectivity index (χ0v) is 19.2. The third-order valence-corrected chi connectivity index (χ3v) is 8.00. The van der Waals surface area contributed by atoms with Gasteiger partial charge < -0.3 is 15.0 Å². The van der Waals surface area contributed by atoms with E-state index in [1.54, 1.807) is 34.8 Å². The highest BCUT2D eigenvalue weighted by Crippen LogP contribution is 2.33. The number of anilines is 2. The van der Waals surface area contributed by atoms with Gasteiger partial charge in [-0.25, -0.2) is 13.4 Å². The molecule has 2 fully saturated rings. The van der Waals surface area contributed by atoms with E-state index in [1.807, 2.05) is 0 Å². The second-order valence-electron chi connectivity index (χ2n) is 8.20. The van der Waals surface area contributed by atoms with Crippen molar-refractivity contribution >= 4 is 27.4 Å². The third kappa shape index (κ3) is 4.73. The number of pyridine rings is 1. The van der Waals surface area contributed by atoms with Crippen LogP contribution in [0.1, 0.15) is 48.9 Å². The van der Waals surface area contributed by atoms with E-state index in [4.69, 9.17) is 4.74 Å². The zero-order valence-electron chi connectivity index (χ0n) is 18.4. The van der Waals surface area contributed by atoms with Crippen molar-refractivity contribution in [2.24, 2.45) is 0 Å². The maximum absolute atomic E-state index is 13.6. The summed E-state index contributed by atoms with van der Waals surface area (Å²) in [6.45, 7) is 2.67. The SMILES string of the molecule is COc1cccnc1NC(=O)c1ccc(N2CCCCC2)c(S(=O)(=O)N2CCCCC2)c1. The molecular weight excluding hydrogens is 428 g/mol. The minimum Gasteiger partial charge on any atom is -0.493 e. The Morgan fingerprint density at radius 2 is 1.69 bits per heavy atom. The summed E-state index contributed by atoms with van der Waals surface area (Å²) in [6, 6.07) is 8.38. The Kier molecular flexibility index (Phi) is 6.95. The van der Waals surface area contributed by atoms with E-state index in [-0.39, 0.29) is 10.5 Å². The lowest BCUT2D eigenvalue weighted by molar-refractivity contribution is 0.102. The van der Waals surface area contributed by atoms with E-state index in [1.165, 1.54) is 13.2 Å². The summed E-state index contributed by atoms with van der Waals surface area (Å²) in [6.07, 6.45) is 7.53. The summed E-state index contributed by atoms with van der Waals surface area (Å²) in [5.41, 5.74) is 0.955. The van der Waals surface area contributed by atoms with Crippen molar-refractivity contribution in [2.75, 3.05) is 43.5 Å². The molecule has 1 amide bonds. The van der Waals surface area contributed by atoms with E-state index in [2.05, 4.69) is 15.2 Å². The molecule has 0 unspecified atom stereocenters. The molecule has 0 bridgehead atoms. The fraction of sp³-hybridized carbons (Fsp3) is 0.478. The first-order valence-corrected chi connectivity index (χ1v) is 12.6. The summed E-state index contributed by atoms with van der Waals surface area (Å²) in [5, 5.41) is 2.74. The van der Waals surface area contributed by atoms with Crippen LogP contribution in [0.15, 0.2) is 41.4 Å². The first-order valence-electron chi connectivity index (χ1n) is 11.2. The smallest absolute Gasteiger partial charge is 0.256 e. The van der Waals surface area contributed by atoms with Gasteiger partial charge in [-0.1, -0.05) is 6.42 Å². The van der Waals surface area contributed by atoms with Crippen molar-refractivity contribution < 1.29 is 17.9 Å². The monoisotopic (exact) mass is 458 g/mol. The van der Waals surface area contributed by atoms with Crippen LogP contribution < -0.4 is 15.0 Å². The largest absolute Gasteiger partial charge is 0.493 e. The van der Waals surface area contributed by atoms with Gasteiger partial charge in [0, 0.05) is 37.9 Å². The Morgan fingerprint density at radius 1 is 1.00 bits per heavy atom. The lowest BCUT2D eigenvalue weighted by Crippen LogP contribution is -2.37. The molecule has 2 aliphatic rings. The third-order valence-electron chi connectivity index (χ3n) is 6.07. The number of methoxy groups -OCH3 is 1. The molecule has 2 aliphatic heterocycles. The van der Waals surface area contributed by atoms with E-state index >= 15 is 0 Å². The standard InChI is InChI=1S/C23H30N4O4S/c1-31-20-9-8-12-24-22(20)25-23(28)18-10-11-19(26-13-4-2-5-14-26)21(17-18)32(29,30)27-15-6-3-7-16-27/h8-12,17H,2-7,13-16H2,1H3,(H,24,25,28). The van der Waals surface area contributed by atoms with Gasteiger partial charge in [0.1, 0.15) is 4.90 Å². The van der Waals surface area contributed by atoms with E-state index in [0.717, 1.165) is 51.6 Å². The minimum atomic E-state index is -3.71. The van der Waals surface area contributed by atoms with Crippen LogP contribution in [0.5, 0.6) is 5.75 Å². The number of rotatable bonds is 6. The molecule has 8 nitrogen and oxygen atoms in total. The second kappa shape index (κ2) is 9.87. The maximum atomic E-state index is 13.6. The predicted molar refractivity (Wildman–Crippen MR) is 124 cm³/mol. The molecule has 0 spiro atoms. The van der Waals surface area contributed by atoms with E-state index in [0.29, 0.717) is 30.3 Å². The van der Waals surface area contributed by atoms with Crippen LogP contribution in [0.25, 0.3) is 0 Å². The second-order valence-corrected chi connectivity index (χ2v) is 10.1. The number of carbonyl (C=O) groups excluding carboxylic acids is 1. The molecule has 172 valence electrons. The van der Waals surface area contributed by atoms with E-state index < -0.39 is 15.9 Å². The Bertz CT molecular complexity index is 1060. The Balaban J connectivity index is 1.70. The molecule has 4 rings (SSSR count). The fourth-order valence-electron chi connectivity index (χ4n) is 4.33. The number of piperidine rings is 2. The molecule has 3 heterocycles. The van der Waals surface area contributed by atoms with Gasteiger partial charge >= 0.3 is 0 Å². The summed E-state index contributed by atoms with van der Waals surface area (Å²) in [5.74, 6) is 0.301. The summed E-state index contributed by atoms with van der Waals surface area (Å²) in [7, 11) is -2.21. The highest BCUT2D eigenvalue weighted by Gasteiger charge is 2.31. The topological polar surface area (TPSA) is 91.8 Å². The highest BCUT2D eigenvalue weighted by atomic mass is 32.2. The number of aromatic nitrogens is 1. The van der Waals surface area contributed by atoms with Crippen LogP contribution in [-0.2, 0) is 10.0 Å². The number of nitrogens with one attached hydrogen (secondary N) is 1. The van der Waals surface area contributed by atoms with Crippen LogP contribution in [-0.4, -0.2) is 56.9 Å². The average molecular weight is 459 g/mol. The molecule has 2 saturated heterocycles. The zero-order chi connectivity index (χ0) is 22.6. The van der Waals surface area contributed by atoms with Gasteiger partial charge in [0.25, 0.3) is 5.91 Å². The summed E-state index contributed by atoms with van der Waals surface area (Å²) >= 11 is 0. The van der Waals surface area contributed by atoms with Gasteiger partial charge in [0.2, 0.25) is 10.0 Å². The van der Waals surface area contributed by atoms with Crippen LogP contribution in [0.3, 0.4) is 0 Å². The van der Waals surface area contributed by atoms with Crippen molar-refractivity contribution in [1.82, 2.24) is 9.29 Å². The number of benzene rings is 1. The molecule has 1 aromatic carbocycles. The number of nitrogens with zero attached hydrogens (tertiary/aromatic N) is 3. The molecule has 1 aromatic heterocycles. The molecule has 32 heavy (non-hydrogen) atoms. The van der Waals surface area contributed by atoms with Gasteiger partial charge in [-0.05, 0) is 62.4 Å². The van der Waals surface area contributed by atoms with Crippen molar-refractivity contribution in [3.8, 4) is 5.75 Å². The van der Waals surface area contributed by atoms with Crippen molar-refractivity contribution in [2.45, 2.75) is 43.4 Å². The highest BCUT2D eigenvalue weighted by molar-refractivity contribution is 7.89. The molecule has 1 N–H and O–H groups in total. The Morgan fingerprint density at radius 3 is 2.38 bits per heavy atom. The van der Waals surface area contributed by atoms with Crippen LogP contribution >= 0.6 is 0 Å². The lowest BCUT2D eigenvalue weighted by atomic mass is 10.1. The molecule has 0 atom stereocenters. The number of ether oxygens (including phenoxy) is 1. The van der Waals surface area contributed by atoms with Gasteiger partial charge in [-0.3, -0.25) is 4.79 Å². The van der Waals surface area contributed by atoms with Crippen LogP contribution in [0.4, 0.5) is 11.5 Å². The minimum absolute atomic E-state index is 0.210. The molecule has 2 aromatic rings. The predicted octanol–water partition coefficient (Wildman–Crippen LogP) is 3.51.